The molecule has 0 atom stereocenters. The van der Waals surface area contributed by atoms with Crippen molar-refractivity contribution in [3.05, 3.63) is 77.4 Å². The molecule has 32 heavy (non-hydrogen) atoms. The smallest absolute Gasteiger partial charge is 0.248 e. The lowest BCUT2D eigenvalue weighted by molar-refractivity contribution is -0.117. The summed E-state index contributed by atoms with van der Waals surface area (Å²) in [6.07, 6.45) is 4.75. The maximum Gasteiger partial charge on any atom is 0.248 e. The number of aliphatic hydroxyl groups is 1. The van der Waals surface area contributed by atoms with Gasteiger partial charge in [0, 0.05) is 30.7 Å². The van der Waals surface area contributed by atoms with Gasteiger partial charge in [-0.25, -0.2) is 22.8 Å². The number of nitrogens with zero attached hydrogens (tertiary/aromatic N) is 3. The molecule has 0 aliphatic rings. The molecule has 3 aromatic rings. The third-order valence-corrected chi connectivity index (χ3v) is 6.51. The van der Waals surface area contributed by atoms with Gasteiger partial charge in [0.25, 0.3) is 0 Å². The molecule has 0 saturated carbocycles. The molecule has 10 heteroatoms. The summed E-state index contributed by atoms with van der Waals surface area (Å²) < 4.78 is 40.9. The number of aromatic nitrogens is 2. The number of imidazole rings is 1. The predicted octanol–water partition coefficient (Wildman–Crippen LogP) is 2.86. The summed E-state index contributed by atoms with van der Waals surface area (Å²) in [4.78, 5) is 19.7. The van der Waals surface area contributed by atoms with Crippen LogP contribution in [-0.4, -0.2) is 35.7 Å². The maximum absolute atomic E-state index is 13.6. The van der Waals surface area contributed by atoms with Crippen LogP contribution in [0.25, 0.3) is 6.20 Å². The second kappa shape index (κ2) is 9.67. The summed E-state index contributed by atoms with van der Waals surface area (Å²) in [5.74, 6) is -0.676. The number of sulfone groups is 1. The van der Waals surface area contributed by atoms with Gasteiger partial charge in [0.05, 0.1) is 16.4 Å². The lowest BCUT2D eigenvalue weighted by Crippen LogP contribution is -2.23. The molecule has 0 fully saturated rings. The van der Waals surface area contributed by atoms with E-state index in [0.717, 1.165) is 12.1 Å². The van der Waals surface area contributed by atoms with Crippen molar-refractivity contribution in [2.45, 2.75) is 29.9 Å². The standard InChI is InChI=1S/C22H21FN4O4S/c1-15(13-27-10-9-25-22(27)24-2)21(29)26-12-16-3-7-19(8-4-16)32(30,31)20-11-18(23)6-5-17(20)14-28/h3-11,13,28H,2,12,14H2,1H3,(H,26,29)/b15-13+. The number of hydrogen-bond acceptors (Lipinski definition) is 6. The second-order valence-electron chi connectivity index (χ2n) is 6.84. The highest BCUT2D eigenvalue weighted by Crippen LogP contribution is 2.25. The molecule has 1 heterocycles. The van der Waals surface area contributed by atoms with E-state index in [1.807, 2.05) is 0 Å². The fraction of sp³-hybridized carbons (Fsp3) is 0.136. The summed E-state index contributed by atoms with van der Waals surface area (Å²) in [5.41, 5.74) is 1.19. The quantitative estimate of drug-likeness (QED) is 0.400. The lowest BCUT2D eigenvalue weighted by Gasteiger charge is -2.10. The number of aliphatic imine (C=N–C) groups is 1. The SMILES string of the molecule is C=Nc1nccn1/C=C(\C)C(=O)NCc1ccc(S(=O)(=O)c2cc(F)ccc2CO)cc1. The van der Waals surface area contributed by atoms with Crippen LogP contribution in [0.1, 0.15) is 18.1 Å². The van der Waals surface area contributed by atoms with Gasteiger partial charge in [-0.05, 0) is 49.0 Å². The Bertz CT molecular complexity index is 1280. The molecule has 0 unspecified atom stereocenters. The first-order valence-electron chi connectivity index (χ1n) is 9.45. The molecular weight excluding hydrogens is 435 g/mol. The number of benzene rings is 2. The average molecular weight is 456 g/mol. The van der Waals surface area contributed by atoms with Crippen molar-refractivity contribution in [1.82, 2.24) is 14.9 Å². The monoisotopic (exact) mass is 456 g/mol. The van der Waals surface area contributed by atoms with Crippen LogP contribution < -0.4 is 5.32 Å². The number of nitrogens with one attached hydrogen (secondary N) is 1. The van der Waals surface area contributed by atoms with E-state index in [2.05, 4.69) is 22.0 Å². The molecule has 2 aromatic carbocycles. The fourth-order valence-corrected chi connectivity index (χ4v) is 4.43. The van der Waals surface area contributed by atoms with Crippen LogP contribution in [-0.2, 0) is 27.8 Å². The molecule has 0 radical (unpaired) electrons. The zero-order valence-electron chi connectivity index (χ0n) is 17.2. The second-order valence-corrected chi connectivity index (χ2v) is 8.76. The molecule has 0 aliphatic carbocycles. The Labute approximate surface area is 184 Å². The number of rotatable bonds is 8. The van der Waals surface area contributed by atoms with Crippen LogP contribution in [0, 0.1) is 5.82 Å². The van der Waals surface area contributed by atoms with E-state index >= 15 is 0 Å². The Balaban J connectivity index is 1.72. The number of carbonyl (C=O) groups excluding carboxylic acids is 1. The first-order chi connectivity index (χ1) is 15.3. The van der Waals surface area contributed by atoms with Crippen molar-refractivity contribution >= 4 is 34.6 Å². The van der Waals surface area contributed by atoms with Gasteiger partial charge in [-0.3, -0.25) is 9.36 Å². The fourth-order valence-electron chi connectivity index (χ4n) is 2.94. The number of aliphatic hydroxyl groups excluding tert-OH is 1. The summed E-state index contributed by atoms with van der Waals surface area (Å²) in [7, 11) is -4.02. The molecule has 0 spiro atoms. The van der Waals surface area contributed by atoms with Crippen molar-refractivity contribution in [1.29, 1.82) is 0 Å². The van der Waals surface area contributed by atoms with E-state index in [4.69, 9.17) is 0 Å². The van der Waals surface area contributed by atoms with Crippen molar-refractivity contribution in [2.75, 3.05) is 0 Å². The Morgan fingerprint density at radius 1 is 1.28 bits per heavy atom. The van der Waals surface area contributed by atoms with Gasteiger partial charge in [0.2, 0.25) is 21.7 Å². The zero-order valence-corrected chi connectivity index (χ0v) is 18.0. The minimum absolute atomic E-state index is 0.0477. The summed E-state index contributed by atoms with van der Waals surface area (Å²) in [6, 6.07) is 9.07. The number of carbonyl (C=O) groups is 1. The van der Waals surface area contributed by atoms with Crippen molar-refractivity contribution in [3.8, 4) is 0 Å². The highest BCUT2D eigenvalue weighted by atomic mass is 32.2. The summed E-state index contributed by atoms with van der Waals surface area (Å²) in [5, 5.41) is 12.1. The van der Waals surface area contributed by atoms with E-state index in [1.54, 1.807) is 36.0 Å². The van der Waals surface area contributed by atoms with E-state index in [1.165, 1.54) is 24.4 Å². The molecule has 0 bridgehead atoms. The van der Waals surface area contributed by atoms with Crippen molar-refractivity contribution < 1.29 is 22.7 Å². The maximum atomic E-state index is 13.6. The van der Waals surface area contributed by atoms with E-state index in [-0.39, 0.29) is 27.8 Å². The van der Waals surface area contributed by atoms with Gasteiger partial charge >= 0.3 is 0 Å². The zero-order chi connectivity index (χ0) is 23.3. The van der Waals surface area contributed by atoms with Gasteiger partial charge in [0.15, 0.2) is 0 Å². The van der Waals surface area contributed by atoms with Gasteiger partial charge < -0.3 is 10.4 Å². The minimum atomic E-state index is -4.02. The van der Waals surface area contributed by atoms with Gasteiger partial charge in [-0.2, -0.15) is 0 Å². The van der Waals surface area contributed by atoms with Crippen molar-refractivity contribution in [3.63, 3.8) is 0 Å². The third kappa shape index (κ3) is 4.98. The van der Waals surface area contributed by atoms with Crippen LogP contribution in [0.5, 0.6) is 0 Å². The number of hydrogen-bond donors (Lipinski definition) is 2. The highest BCUT2D eigenvalue weighted by Gasteiger charge is 2.22. The highest BCUT2D eigenvalue weighted by molar-refractivity contribution is 7.91. The topological polar surface area (TPSA) is 114 Å². The van der Waals surface area contributed by atoms with Crippen LogP contribution >= 0.6 is 0 Å². The van der Waals surface area contributed by atoms with E-state index in [9.17, 15) is 22.7 Å². The summed E-state index contributed by atoms with van der Waals surface area (Å²) in [6.45, 7) is 4.68. The first kappa shape index (κ1) is 23.0. The van der Waals surface area contributed by atoms with Crippen LogP contribution in [0.3, 0.4) is 0 Å². The molecular formula is C22H21FN4O4S. The summed E-state index contributed by atoms with van der Waals surface area (Å²) >= 11 is 0. The molecule has 3 rings (SSSR count). The molecule has 1 aromatic heterocycles. The van der Waals surface area contributed by atoms with E-state index in [0.29, 0.717) is 17.1 Å². The van der Waals surface area contributed by atoms with E-state index < -0.39 is 22.3 Å². The number of halogens is 1. The third-order valence-electron chi connectivity index (χ3n) is 4.66. The lowest BCUT2D eigenvalue weighted by atomic mass is 10.2. The van der Waals surface area contributed by atoms with Gasteiger partial charge in [-0.1, -0.05) is 18.2 Å². The number of amides is 1. The molecule has 2 N–H and O–H groups in total. The van der Waals surface area contributed by atoms with Crippen molar-refractivity contribution in [2.24, 2.45) is 4.99 Å². The largest absolute Gasteiger partial charge is 0.392 e. The Morgan fingerprint density at radius 3 is 2.66 bits per heavy atom. The minimum Gasteiger partial charge on any atom is -0.392 e. The Kier molecular flexibility index (Phi) is 6.96. The molecule has 0 saturated heterocycles. The van der Waals surface area contributed by atoms with Crippen LogP contribution in [0.4, 0.5) is 10.3 Å². The van der Waals surface area contributed by atoms with Crippen LogP contribution in [0.15, 0.2) is 75.2 Å². The molecule has 166 valence electrons. The Hall–Kier alpha value is -3.63. The van der Waals surface area contributed by atoms with Gasteiger partial charge in [-0.15, -0.1) is 0 Å². The molecule has 1 amide bonds. The Morgan fingerprint density at radius 2 is 2.00 bits per heavy atom. The average Bonchev–Trinajstić information content (AvgIpc) is 3.24. The molecule has 8 nitrogen and oxygen atoms in total. The molecule has 0 aliphatic heterocycles. The van der Waals surface area contributed by atoms with Crippen LogP contribution in [0.2, 0.25) is 0 Å². The normalized spacial score (nSPS) is 11.9. The predicted molar refractivity (Wildman–Crippen MR) is 117 cm³/mol. The first-order valence-corrected chi connectivity index (χ1v) is 10.9. The van der Waals surface area contributed by atoms with Gasteiger partial charge in [0.1, 0.15) is 5.82 Å².